The maximum absolute atomic E-state index is 13.7. The molecule has 28 heavy (non-hydrogen) atoms. The van der Waals surface area contributed by atoms with E-state index in [1.165, 1.54) is 6.07 Å². The zero-order chi connectivity index (χ0) is 19.5. The van der Waals surface area contributed by atoms with E-state index in [0.29, 0.717) is 22.7 Å². The van der Waals surface area contributed by atoms with Crippen LogP contribution in [0.3, 0.4) is 0 Å². The van der Waals surface area contributed by atoms with Crippen LogP contribution in [0.1, 0.15) is 21.5 Å². The van der Waals surface area contributed by atoms with E-state index in [4.69, 9.17) is 11.6 Å². The molecule has 0 saturated carbocycles. The summed E-state index contributed by atoms with van der Waals surface area (Å²) in [6, 6.07) is 19.4. The first-order valence-corrected chi connectivity index (χ1v) is 9.19. The molecule has 1 amide bonds. The maximum Gasteiger partial charge on any atom is 0.251 e. The molecular weight excluding hydrogens is 377 g/mol. The van der Waals surface area contributed by atoms with Gasteiger partial charge in [-0.25, -0.2) is 4.39 Å². The van der Waals surface area contributed by atoms with E-state index in [1.807, 2.05) is 35.0 Å². The third-order valence-corrected chi connectivity index (χ3v) is 4.80. The van der Waals surface area contributed by atoms with Crippen LogP contribution in [0.2, 0.25) is 5.02 Å². The van der Waals surface area contributed by atoms with Gasteiger partial charge in [-0.15, -0.1) is 0 Å². The lowest BCUT2D eigenvalue weighted by Gasteiger charge is -2.08. The van der Waals surface area contributed by atoms with E-state index >= 15 is 0 Å². The van der Waals surface area contributed by atoms with Gasteiger partial charge in [0.1, 0.15) is 5.82 Å². The van der Waals surface area contributed by atoms with Crippen molar-refractivity contribution < 1.29 is 9.18 Å². The highest BCUT2D eigenvalue weighted by molar-refractivity contribution is 6.30. The minimum atomic E-state index is -0.334. The van der Waals surface area contributed by atoms with Crippen molar-refractivity contribution in [1.29, 1.82) is 0 Å². The summed E-state index contributed by atoms with van der Waals surface area (Å²) in [6.45, 7) is 0.703. The molecule has 3 aromatic carbocycles. The van der Waals surface area contributed by atoms with Crippen LogP contribution in [0.15, 0.2) is 72.9 Å². The van der Waals surface area contributed by atoms with Gasteiger partial charge in [-0.2, -0.15) is 5.10 Å². The first kappa shape index (κ1) is 18.2. The smallest absolute Gasteiger partial charge is 0.251 e. The number of hydrogen-bond acceptors (Lipinski definition) is 2. The maximum atomic E-state index is 13.7. The van der Waals surface area contributed by atoms with Crippen LogP contribution >= 0.6 is 11.6 Å². The van der Waals surface area contributed by atoms with E-state index in [2.05, 4.69) is 10.4 Å². The molecule has 1 aromatic heterocycles. The zero-order valence-electron chi connectivity index (χ0n) is 14.9. The van der Waals surface area contributed by atoms with E-state index in [1.54, 1.807) is 36.5 Å². The Morgan fingerprint density at radius 3 is 2.64 bits per heavy atom. The lowest BCUT2D eigenvalue weighted by Crippen LogP contribution is -2.23. The predicted octanol–water partition coefficient (Wildman–Crippen LogP) is 4.81. The number of carbonyl (C=O) groups excluding carboxylic acids is 1. The second-order valence-electron chi connectivity index (χ2n) is 6.48. The Labute approximate surface area is 166 Å². The molecule has 0 unspecified atom stereocenters. The average molecular weight is 394 g/mol. The van der Waals surface area contributed by atoms with Gasteiger partial charge in [-0.3, -0.25) is 9.48 Å². The summed E-state index contributed by atoms with van der Waals surface area (Å²) < 4.78 is 15.6. The lowest BCUT2D eigenvalue weighted by atomic mass is 10.1. The van der Waals surface area contributed by atoms with Crippen LogP contribution in [0, 0.1) is 5.82 Å². The Hall–Kier alpha value is -3.18. The highest BCUT2D eigenvalue weighted by Gasteiger charge is 2.11. The molecule has 1 heterocycles. The second kappa shape index (κ2) is 7.82. The molecule has 0 spiro atoms. The second-order valence-corrected chi connectivity index (χ2v) is 6.91. The Balaban J connectivity index is 1.54. The molecule has 4 rings (SSSR count). The fraction of sp³-hybridized carbons (Fsp3) is 0.0909. The quantitative estimate of drug-likeness (QED) is 0.529. The number of rotatable bonds is 5. The Morgan fingerprint density at radius 1 is 1.07 bits per heavy atom. The molecule has 0 atom stereocenters. The van der Waals surface area contributed by atoms with Crippen molar-refractivity contribution in [2.24, 2.45) is 0 Å². The SMILES string of the molecule is O=C(NCc1ccccc1F)c1ccc2cnn(Cc3ccc(Cl)cc3)c2c1. The first-order valence-electron chi connectivity index (χ1n) is 8.82. The normalized spacial score (nSPS) is 10.9. The van der Waals surface area contributed by atoms with Gasteiger partial charge in [0.05, 0.1) is 18.3 Å². The van der Waals surface area contributed by atoms with Gasteiger partial charge < -0.3 is 5.32 Å². The monoisotopic (exact) mass is 393 g/mol. The van der Waals surface area contributed by atoms with Gasteiger partial charge in [0.2, 0.25) is 0 Å². The Kier molecular flexibility index (Phi) is 5.08. The summed E-state index contributed by atoms with van der Waals surface area (Å²) >= 11 is 5.94. The Morgan fingerprint density at radius 2 is 1.86 bits per heavy atom. The standard InChI is InChI=1S/C22H17ClFN3O/c23-19-9-5-15(6-10-19)14-27-21-11-16(7-8-18(21)13-26-27)22(28)25-12-17-3-1-2-4-20(17)24/h1-11,13H,12,14H2,(H,25,28). The topological polar surface area (TPSA) is 46.9 Å². The van der Waals surface area contributed by atoms with Crippen molar-refractivity contribution >= 4 is 28.4 Å². The number of amides is 1. The van der Waals surface area contributed by atoms with Crippen LogP contribution in [-0.2, 0) is 13.1 Å². The Bertz CT molecular complexity index is 1140. The van der Waals surface area contributed by atoms with Crippen LogP contribution in [0.25, 0.3) is 10.9 Å². The molecule has 0 saturated heterocycles. The number of hydrogen-bond donors (Lipinski definition) is 1. The summed E-state index contributed by atoms with van der Waals surface area (Å²) in [5, 5.41) is 8.81. The third kappa shape index (κ3) is 3.89. The summed E-state index contributed by atoms with van der Waals surface area (Å²) in [4.78, 5) is 12.5. The number of fused-ring (bicyclic) bond motifs is 1. The number of nitrogens with zero attached hydrogens (tertiary/aromatic N) is 2. The number of halogens is 2. The van der Waals surface area contributed by atoms with E-state index in [9.17, 15) is 9.18 Å². The highest BCUT2D eigenvalue weighted by atomic mass is 35.5. The van der Waals surface area contributed by atoms with E-state index < -0.39 is 0 Å². The summed E-state index contributed by atoms with van der Waals surface area (Å²) in [5.41, 5.74) is 2.86. The van der Waals surface area contributed by atoms with Gasteiger partial charge in [0.25, 0.3) is 5.91 Å². The number of carbonyl (C=O) groups is 1. The number of benzene rings is 3. The molecule has 0 aliphatic rings. The van der Waals surface area contributed by atoms with Gasteiger partial charge in [-0.1, -0.05) is 48.0 Å². The predicted molar refractivity (Wildman–Crippen MR) is 108 cm³/mol. The fourth-order valence-corrected chi connectivity index (χ4v) is 3.15. The summed E-state index contributed by atoms with van der Waals surface area (Å²) in [7, 11) is 0. The van der Waals surface area contributed by atoms with Crippen LogP contribution < -0.4 is 5.32 Å². The number of nitrogens with one attached hydrogen (secondary N) is 1. The third-order valence-electron chi connectivity index (χ3n) is 4.55. The molecule has 0 fully saturated rings. The van der Waals surface area contributed by atoms with Crippen molar-refractivity contribution in [3.05, 3.63) is 100 Å². The molecule has 1 N–H and O–H groups in total. The molecule has 4 aromatic rings. The molecule has 140 valence electrons. The van der Waals surface area contributed by atoms with Gasteiger partial charge in [0, 0.05) is 28.1 Å². The summed E-state index contributed by atoms with van der Waals surface area (Å²) in [5.74, 6) is -0.594. The largest absolute Gasteiger partial charge is 0.348 e. The molecule has 6 heteroatoms. The molecule has 0 aliphatic heterocycles. The zero-order valence-corrected chi connectivity index (χ0v) is 15.7. The van der Waals surface area contributed by atoms with Crippen molar-refractivity contribution in [2.75, 3.05) is 0 Å². The summed E-state index contributed by atoms with van der Waals surface area (Å²) in [6.07, 6.45) is 1.77. The average Bonchev–Trinajstić information content (AvgIpc) is 3.11. The van der Waals surface area contributed by atoms with Crippen molar-refractivity contribution in [3.63, 3.8) is 0 Å². The number of aromatic nitrogens is 2. The van der Waals surface area contributed by atoms with Crippen LogP contribution in [0.5, 0.6) is 0 Å². The first-order chi connectivity index (χ1) is 13.6. The molecule has 4 nitrogen and oxygen atoms in total. The molecule has 0 bridgehead atoms. The lowest BCUT2D eigenvalue weighted by molar-refractivity contribution is 0.0950. The molecular formula is C22H17ClFN3O. The minimum absolute atomic E-state index is 0.133. The highest BCUT2D eigenvalue weighted by Crippen LogP contribution is 2.18. The van der Waals surface area contributed by atoms with Crippen molar-refractivity contribution in [1.82, 2.24) is 15.1 Å². The van der Waals surface area contributed by atoms with E-state index in [-0.39, 0.29) is 18.3 Å². The van der Waals surface area contributed by atoms with Gasteiger partial charge in [-0.05, 0) is 35.9 Å². The van der Waals surface area contributed by atoms with Crippen molar-refractivity contribution in [3.8, 4) is 0 Å². The van der Waals surface area contributed by atoms with E-state index in [0.717, 1.165) is 16.5 Å². The molecule has 0 aliphatic carbocycles. The minimum Gasteiger partial charge on any atom is -0.348 e. The van der Waals surface area contributed by atoms with Crippen molar-refractivity contribution in [2.45, 2.75) is 13.1 Å². The molecule has 0 radical (unpaired) electrons. The van der Waals surface area contributed by atoms with Crippen LogP contribution in [0.4, 0.5) is 4.39 Å². The van der Waals surface area contributed by atoms with Gasteiger partial charge >= 0.3 is 0 Å². The van der Waals surface area contributed by atoms with Crippen LogP contribution in [-0.4, -0.2) is 15.7 Å². The fourth-order valence-electron chi connectivity index (χ4n) is 3.02. The van der Waals surface area contributed by atoms with Gasteiger partial charge in [0.15, 0.2) is 0 Å².